The summed E-state index contributed by atoms with van der Waals surface area (Å²) in [6.07, 6.45) is 1.43. The van der Waals surface area contributed by atoms with E-state index in [0.29, 0.717) is 39.3 Å². The van der Waals surface area contributed by atoms with Crippen LogP contribution in [0, 0.1) is 0 Å². The van der Waals surface area contributed by atoms with Crippen molar-refractivity contribution in [1.29, 1.82) is 0 Å². The Kier molecular flexibility index (Phi) is 3.93. The second-order valence-corrected chi connectivity index (χ2v) is 4.91. The molecule has 23 heavy (non-hydrogen) atoms. The molecule has 0 aliphatic heterocycles. The number of benzene rings is 2. The van der Waals surface area contributed by atoms with Crippen molar-refractivity contribution in [3.8, 4) is 28.4 Å². The molecule has 0 unspecified atom stereocenters. The number of methoxy groups -OCH3 is 3. The van der Waals surface area contributed by atoms with Crippen LogP contribution in [0.5, 0.6) is 17.2 Å². The molecule has 0 N–H and O–H groups in total. The van der Waals surface area contributed by atoms with E-state index in [0.717, 1.165) is 0 Å². The van der Waals surface area contributed by atoms with Crippen molar-refractivity contribution in [3.63, 3.8) is 0 Å². The molecule has 0 atom stereocenters. The Morgan fingerprint density at radius 1 is 0.826 bits per heavy atom. The van der Waals surface area contributed by atoms with Gasteiger partial charge in [0.1, 0.15) is 29.1 Å². The largest absolute Gasteiger partial charge is 0.497 e. The average molecular weight is 312 g/mol. The van der Waals surface area contributed by atoms with Crippen molar-refractivity contribution in [3.05, 3.63) is 52.9 Å². The van der Waals surface area contributed by atoms with Gasteiger partial charge in [-0.1, -0.05) is 0 Å². The van der Waals surface area contributed by atoms with Crippen LogP contribution in [0.3, 0.4) is 0 Å². The molecular formula is C18H16O5. The number of ether oxygens (including phenoxy) is 3. The third kappa shape index (κ3) is 2.61. The molecule has 0 saturated carbocycles. The van der Waals surface area contributed by atoms with Crippen LogP contribution < -0.4 is 19.6 Å². The second kappa shape index (κ2) is 6.04. The quantitative estimate of drug-likeness (QED) is 0.738. The van der Waals surface area contributed by atoms with E-state index in [1.54, 1.807) is 57.7 Å². The van der Waals surface area contributed by atoms with Gasteiger partial charge in [0.25, 0.3) is 0 Å². The second-order valence-electron chi connectivity index (χ2n) is 4.91. The molecule has 118 valence electrons. The van der Waals surface area contributed by atoms with Gasteiger partial charge in [0, 0.05) is 11.6 Å². The topological polar surface area (TPSA) is 57.9 Å². The molecule has 1 heterocycles. The fourth-order valence-corrected chi connectivity index (χ4v) is 2.45. The minimum Gasteiger partial charge on any atom is -0.497 e. The highest BCUT2D eigenvalue weighted by atomic mass is 16.5. The molecule has 0 spiro atoms. The van der Waals surface area contributed by atoms with Gasteiger partial charge < -0.3 is 18.6 Å². The summed E-state index contributed by atoms with van der Waals surface area (Å²) >= 11 is 0. The summed E-state index contributed by atoms with van der Waals surface area (Å²) in [5.74, 6) is 1.84. The van der Waals surface area contributed by atoms with Gasteiger partial charge in [-0.25, -0.2) is 0 Å². The van der Waals surface area contributed by atoms with Crippen LogP contribution in [-0.4, -0.2) is 21.3 Å². The number of hydrogen-bond donors (Lipinski definition) is 0. The smallest absolute Gasteiger partial charge is 0.200 e. The lowest BCUT2D eigenvalue weighted by Crippen LogP contribution is -2.06. The zero-order valence-electron chi connectivity index (χ0n) is 13.1. The van der Waals surface area contributed by atoms with Gasteiger partial charge in [0.05, 0.1) is 32.3 Å². The lowest BCUT2D eigenvalue weighted by molar-refractivity contribution is 0.404. The monoisotopic (exact) mass is 312 g/mol. The Morgan fingerprint density at radius 3 is 2.22 bits per heavy atom. The predicted octanol–water partition coefficient (Wildman–Crippen LogP) is 3.49. The summed E-state index contributed by atoms with van der Waals surface area (Å²) in [6.45, 7) is 0. The molecule has 5 heteroatoms. The summed E-state index contributed by atoms with van der Waals surface area (Å²) in [5.41, 5.74) is 1.37. The number of fused-ring (bicyclic) bond motifs is 1. The van der Waals surface area contributed by atoms with Gasteiger partial charge >= 0.3 is 0 Å². The molecule has 2 aromatic carbocycles. The Hall–Kier alpha value is -2.95. The third-order valence-corrected chi connectivity index (χ3v) is 3.68. The molecule has 0 bridgehead atoms. The summed E-state index contributed by atoms with van der Waals surface area (Å²) in [4.78, 5) is 12.8. The maximum Gasteiger partial charge on any atom is 0.200 e. The van der Waals surface area contributed by atoms with E-state index in [4.69, 9.17) is 18.6 Å². The van der Waals surface area contributed by atoms with E-state index < -0.39 is 0 Å². The summed E-state index contributed by atoms with van der Waals surface area (Å²) < 4.78 is 21.3. The summed E-state index contributed by atoms with van der Waals surface area (Å²) in [5, 5.41) is 0.480. The van der Waals surface area contributed by atoms with Crippen molar-refractivity contribution in [1.82, 2.24) is 0 Å². The fourth-order valence-electron chi connectivity index (χ4n) is 2.45. The van der Waals surface area contributed by atoms with Crippen molar-refractivity contribution in [2.24, 2.45) is 0 Å². The standard InChI is InChI=1S/C18H16O5/c1-20-11-5-7-16(22-3)14(8-11)15-10-23-17-9-12(21-2)4-6-13(17)18(15)19/h4-10H,1-3H3. The van der Waals surface area contributed by atoms with Crippen LogP contribution in [0.1, 0.15) is 0 Å². The Bertz CT molecular complexity index is 911. The lowest BCUT2D eigenvalue weighted by atomic mass is 10.0. The first-order valence-electron chi connectivity index (χ1n) is 7.00. The molecule has 0 saturated heterocycles. The van der Waals surface area contributed by atoms with Crippen molar-refractivity contribution in [2.75, 3.05) is 21.3 Å². The zero-order chi connectivity index (χ0) is 16.4. The lowest BCUT2D eigenvalue weighted by Gasteiger charge is -2.10. The number of hydrogen-bond acceptors (Lipinski definition) is 5. The maximum absolute atomic E-state index is 12.8. The summed E-state index contributed by atoms with van der Waals surface area (Å²) in [6, 6.07) is 10.4. The van der Waals surface area contributed by atoms with E-state index in [-0.39, 0.29) is 5.43 Å². The van der Waals surface area contributed by atoms with Gasteiger partial charge in [-0.3, -0.25) is 4.79 Å². The predicted molar refractivity (Wildman–Crippen MR) is 87.6 cm³/mol. The van der Waals surface area contributed by atoms with Gasteiger partial charge in [0.2, 0.25) is 5.43 Å². The molecule has 0 amide bonds. The Balaban J connectivity index is 2.25. The first-order valence-corrected chi connectivity index (χ1v) is 7.00. The highest BCUT2D eigenvalue weighted by molar-refractivity contribution is 5.84. The van der Waals surface area contributed by atoms with Crippen molar-refractivity contribution < 1.29 is 18.6 Å². The number of rotatable bonds is 4. The SMILES string of the molecule is COc1ccc(OC)c(-c2coc3cc(OC)ccc3c2=O)c1. The minimum absolute atomic E-state index is 0.138. The van der Waals surface area contributed by atoms with E-state index in [1.165, 1.54) is 6.26 Å². The van der Waals surface area contributed by atoms with E-state index in [9.17, 15) is 4.79 Å². The van der Waals surface area contributed by atoms with Crippen LogP contribution >= 0.6 is 0 Å². The van der Waals surface area contributed by atoms with E-state index in [2.05, 4.69) is 0 Å². The van der Waals surface area contributed by atoms with E-state index >= 15 is 0 Å². The minimum atomic E-state index is -0.138. The van der Waals surface area contributed by atoms with E-state index in [1.807, 2.05) is 0 Å². The van der Waals surface area contributed by atoms with Gasteiger partial charge in [0.15, 0.2) is 0 Å². The van der Waals surface area contributed by atoms with Crippen molar-refractivity contribution in [2.45, 2.75) is 0 Å². The summed E-state index contributed by atoms with van der Waals surface area (Å²) in [7, 11) is 4.69. The van der Waals surface area contributed by atoms with Gasteiger partial charge in [-0.15, -0.1) is 0 Å². The van der Waals surface area contributed by atoms with Crippen LogP contribution in [0.4, 0.5) is 0 Å². The maximum atomic E-state index is 12.8. The Morgan fingerprint density at radius 2 is 1.52 bits per heavy atom. The van der Waals surface area contributed by atoms with Crippen molar-refractivity contribution >= 4 is 11.0 Å². The highest BCUT2D eigenvalue weighted by Crippen LogP contribution is 2.32. The average Bonchev–Trinajstić information content (AvgIpc) is 2.61. The normalized spacial score (nSPS) is 10.6. The molecule has 0 aliphatic rings. The Labute approximate surface area is 133 Å². The first kappa shape index (κ1) is 15.0. The molecule has 0 radical (unpaired) electrons. The molecule has 1 aromatic heterocycles. The van der Waals surface area contributed by atoms with Gasteiger partial charge in [-0.05, 0) is 30.3 Å². The zero-order valence-corrected chi connectivity index (χ0v) is 13.1. The molecular weight excluding hydrogens is 296 g/mol. The van der Waals surface area contributed by atoms with Crippen LogP contribution in [0.25, 0.3) is 22.1 Å². The fraction of sp³-hybridized carbons (Fsp3) is 0.167. The van der Waals surface area contributed by atoms with Crippen LogP contribution in [0.15, 0.2) is 51.9 Å². The molecule has 5 nitrogen and oxygen atoms in total. The molecule has 0 fully saturated rings. The first-order chi connectivity index (χ1) is 11.2. The molecule has 0 aliphatic carbocycles. The highest BCUT2D eigenvalue weighted by Gasteiger charge is 2.14. The van der Waals surface area contributed by atoms with Crippen LogP contribution in [-0.2, 0) is 0 Å². The van der Waals surface area contributed by atoms with Gasteiger partial charge in [-0.2, -0.15) is 0 Å². The molecule has 3 rings (SSSR count). The third-order valence-electron chi connectivity index (χ3n) is 3.68. The van der Waals surface area contributed by atoms with Crippen LogP contribution in [0.2, 0.25) is 0 Å². The molecule has 3 aromatic rings.